The Balaban J connectivity index is 3.89. The molecule has 0 radical (unpaired) electrons. The molecule has 0 saturated carbocycles. The van der Waals surface area contributed by atoms with Crippen LogP contribution in [0.2, 0.25) is 0 Å². The lowest BCUT2D eigenvalue weighted by atomic mass is 9.96. The van der Waals surface area contributed by atoms with Crippen LogP contribution in [0.5, 0.6) is 0 Å². The third-order valence-corrected chi connectivity index (χ3v) is 1.77. The molecule has 0 bridgehead atoms. The summed E-state index contributed by atoms with van der Waals surface area (Å²) in [6.45, 7) is 5.51. The van der Waals surface area contributed by atoms with Crippen LogP contribution in [0.25, 0.3) is 0 Å². The molecule has 0 aliphatic heterocycles. The summed E-state index contributed by atoms with van der Waals surface area (Å²) in [7, 11) is 0. The first-order valence-electron chi connectivity index (χ1n) is 4.41. The van der Waals surface area contributed by atoms with E-state index in [2.05, 4.69) is 0 Å². The third-order valence-electron chi connectivity index (χ3n) is 1.77. The van der Waals surface area contributed by atoms with E-state index >= 15 is 0 Å². The summed E-state index contributed by atoms with van der Waals surface area (Å²) in [6.07, 6.45) is 3.02. The molecular formula is C10H18O3. The van der Waals surface area contributed by atoms with Gasteiger partial charge < -0.3 is 10.2 Å². The molecule has 0 amide bonds. The zero-order valence-corrected chi connectivity index (χ0v) is 8.50. The fraction of sp³-hybridized carbons (Fsp3) is 0.700. The van der Waals surface area contributed by atoms with Crippen molar-refractivity contribution in [1.29, 1.82) is 0 Å². The molecule has 0 aromatic heterocycles. The lowest BCUT2D eigenvalue weighted by molar-refractivity contribution is -0.142. The largest absolute Gasteiger partial charge is 0.481 e. The molecule has 1 atom stereocenters. The van der Waals surface area contributed by atoms with E-state index in [4.69, 9.17) is 5.11 Å². The number of carbonyl (C=O) groups is 1. The molecule has 3 heteroatoms. The van der Waals surface area contributed by atoms with Crippen LogP contribution in [-0.4, -0.2) is 21.8 Å². The van der Waals surface area contributed by atoms with Crippen molar-refractivity contribution in [3.63, 3.8) is 0 Å². The van der Waals surface area contributed by atoms with Gasteiger partial charge in [-0.3, -0.25) is 4.79 Å². The quantitative estimate of drug-likeness (QED) is 0.645. The van der Waals surface area contributed by atoms with Gasteiger partial charge in [0, 0.05) is 0 Å². The molecule has 0 aliphatic carbocycles. The third kappa shape index (κ3) is 7.53. The first-order valence-corrected chi connectivity index (χ1v) is 4.41. The molecule has 0 spiro atoms. The van der Waals surface area contributed by atoms with Crippen LogP contribution in [0, 0.1) is 0 Å². The maximum absolute atomic E-state index is 10.3. The Morgan fingerprint density at radius 1 is 1.46 bits per heavy atom. The highest BCUT2D eigenvalue weighted by molar-refractivity contribution is 5.67. The van der Waals surface area contributed by atoms with Crippen LogP contribution < -0.4 is 0 Å². The predicted molar refractivity (Wildman–Crippen MR) is 51.5 cm³/mol. The van der Waals surface area contributed by atoms with E-state index in [0.717, 1.165) is 6.42 Å². The molecule has 76 valence electrons. The number of aliphatic hydroxyl groups is 1. The maximum atomic E-state index is 10.3. The van der Waals surface area contributed by atoms with Crippen LogP contribution in [0.1, 0.15) is 40.0 Å². The van der Waals surface area contributed by atoms with Gasteiger partial charge in [-0.2, -0.15) is 0 Å². The molecule has 3 nitrogen and oxygen atoms in total. The average Bonchev–Trinajstić information content (AvgIpc) is 1.81. The number of rotatable bonds is 5. The van der Waals surface area contributed by atoms with Gasteiger partial charge in [0.05, 0.1) is 12.0 Å². The van der Waals surface area contributed by atoms with Gasteiger partial charge in [0.1, 0.15) is 0 Å². The SMILES string of the molecule is CC(C)=CCCC(C)(O)CC(=O)O. The highest BCUT2D eigenvalue weighted by Gasteiger charge is 2.22. The van der Waals surface area contributed by atoms with Gasteiger partial charge in [-0.05, 0) is 33.6 Å². The van der Waals surface area contributed by atoms with E-state index < -0.39 is 11.6 Å². The van der Waals surface area contributed by atoms with E-state index in [9.17, 15) is 9.90 Å². The monoisotopic (exact) mass is 186 g/mol. The van der Waals surface area contributed by atoms with Crippen molar-refractivity contribution in [2.24, 2.45) is 0 Å². The summed E-state index contributed by atoms with van der Waals surface area (Å²) < 4.78 is 0. The van der Waals surface area contributed by atoms with Crippen LogP contribution in [-0.2, 0) is 4.79 Å². The van der Waals surface area contributed by atoms with Gasteiger partial charge in [0.25, 0.3) is 0 Å². The van der Waals surface area contributed by atoms with E-state index in [0.29, 0.717) is 6.42 Å². The Kier molecular flexibility index (Phi) is 4.70. The Morgan fingerprint density at radius 2 is 2.00 bits per heavy atom. The summed E-state index contributed by atoms with van der Waals surface area (Å²) in [4.78, 5) is 10.3. The van der Waals surface area contributed by atoms with Gasteiger partial charge in [-0.25, -0.2) is 0 Å². The van der Waals surface area contributed by atoms with Crippen molar-refractivity contribution in [2.75, 3.05) is 0 Å². The van der Waals surface area contributed by atoms with E-state index in [1.807, 2.05) is 19.9 Å². The summed E-state index contributed by atoms with van der Waals surface area (Å²) in [5.74, 6) is -0.956. The molecule has 0 heterocycles. The highest BCUT2D eigenvalue weighted by Crippen LogP contribution is 2.17. The minimum absolute atomic E-state index is 0.191. The first-order chi connectivity index (χ1) is 5.83. The van der Waals surface area contributed by atoms with Gasteiger partial charge in [0.2, 0.25) is 0 Å². The lowest BCUT2D eigenvalue weighted by Gasteiger charge is -2.19. The number of hydrogen-bond donors (Lipinski definition) is 2. The van der Waals surface area contributed by atoms with Crippen LogP contribution in [0.4, 0.5) is 0 Å². The van der Waals surface area contributed by atoms with E-state index in [1.165, 1.54) is 5.57 Å². The Morgan fingerprint density at radius 3 is 2.38 bits per heavy atom. The van der Waals surface area contributed by atoms with Crippen molar-refractivity contribution < 1.29 is 15.0 Å². The van der Waals surface area contributed by atoms with Crippen molar-refractivity contribution in [3.05, 3.63) is 11.6 Å². The molecule has 0 aromatic carbocycles. The second kappa shape index (κ2) is 5.02. The van der Waals surface area contributed by atoms with Crippen LogP contribution in [0.15, 0.2) is 11.6 Å². The Hall–Kier alpha value is -0.830. The van der Waals surface area contributed by atoms with Crippen molar-refractivity contribution in [1.82, 2.24) is 0 Å². The molecule has 0 aliphatic rings. The number of hydrogen-bond acceptors (Lipinski definition) is 2. The topological polar surface area (TPSA) is 57.5 Å². The Labute approximate surface area is 79.1 Å². The zero-order valence-electron chi connectivity index (χ0n) is 8.50. The van der Waals surface area contributed by atoms with Crippen LogP contribution in [0.3, 0.4) is 0 Å². The molecule has 0 rings (SSSR count). The molecular weight excluding hydrogens is 168 g/mol. The fourth-order valence-electron chi connectivity index (χ4n) is 1.09. The molecule has 0 aromatic rings. The van der Waals surface area contributed by atoms with E-state index in [-0.39, 0.29) is 6.42 Å². The van der Waals surface area contributed by atoms with Crippen molar-refractivity contribution >= 4 is 5.97 Å². The molecule has 0 fully saturated rings. The summed E-state index contributed by atoms with van der Waals surface area (Å²) in [5.41, 5.74) is 0.101. The minimum atomic E-state index is -1.09. The highest BCUT2D eigenvalue weighted by atomic mass is 16.4. The standard InChI is InChI=1S/C10H18O3/c1-8(2)5-4-6-10(3,13)7-9(11)12/h5,13H,4,6-7H2,1-3H3,(H,11,12). The summed E-state index contributed by atoms with van der Waals surface area (Å²) >= 11 is 0. The van der Waals surface area contributed by atoms with Crippen molar-refractivity contribution in [2.45, 2.75) is 45.6 Å². The predicted octanol–water partition coefficient (Wildman–Crippen LogP) is 1.96. The lowest BCUT2D eigenvalue weighted by Crippen LogP contribution is -2.27. The van der Waals surface area contributed by atoms with Gasteiger partial charge in [0.15, 0.2) is 0 Å². The maximum Gasteiger partial charge on any atom is 0.306 e. The number of carboxylic acids is 1. The minimum Gasteiger partial charge on any atom is -0.481 e. The van der Waals surface area contributed by atoms with E-state index in [1.54, 1.807) is 6.92 Å². The molecule has 0 saturated heterocycles. The first kappa shape index (κ1) is 12.2. The molecule has 2 N–H and O–H groups in total. The smallest absolute Gasteiger partial charge is 0.306 e. The number of aliphatic carboxylic acids is 1. The fourth-order valence-corrected chi connectivity index (χ4v) is 1.09. The normalized spacial score (nSPS) is 14.8. The average molecular weight is 186 g/mol. The molecule has 1 unspecified atom stereocenters. The number of allylic oxidation sites excluding steroid dienone is 2. The second-order valence-electron chi connectivity index (χ2n) is 3.89. The van der Waals surface area contributed by atoms with Crippen LogP contribution >= 0.6 is 0 Å². The van der Waals surface area contributed by atoms with Gasteiger partial charge >= 0.3 is 5.97 Å². The Bertz CT molecular complexity index is 200. The van der Waals surface area contributed by atoms with Gasteiger partial charge in [-0.1, -0.05) is 11.6 Å². The zero-order chi connectivity index (χ0) is 10.5. The summed E-state index contributed by atoms with van der Waals surface area (Å²) in [6, 6.07) is 0. The number of carboxylic acid groups (broad SMARTS) is 1. The van der Waals surface area contributed by atoms with Gasteiger partial charge in [-0.15, -0.1) is 0 Å². The summed E-state index contributed by atoms with van der Waals surface area (Å²) in [5, 5.41) is 18.1. The second-order valence-corrected chi connectivity index (χ2v) is 3.89. The molecule has 13 heavy (non-hydrogen) atoms. The van der Waals surface area contributed by atoms with Crippen molar-refractivity contribution in [3.8, 4) is 0 Å².